The molecule has 140 valence electrons. The number of unbranched alkanes of at least 4 members (excludes halogenated alkanes) is 6. The number of carbonyl (C=O) groups is 1. The minimum absolute atomic E-state index is 0.267. The molecule has 2 N–H and O–H groups in total. The van der Waals surface area contributed by atoms with Crippen LogP contribution in [-0.4, -0.2) is 26.3 Å². The first-order valence-electron chi connectivity index (χ1n) is 8.45. The molecule has 0 aliphatic carbocycles. The zero-order valence-electron chi connectivity index (χ0n) is 14.1. The normalized spacial score (nSPS) is 12.4. The zero-order valence-corrected chi connectivity index (χ0v) is 16.3. The van der Waals surface area contributed by atoms with Crippen molar-refractivity contribution >= 4 is 46.5 Å². The fourth-order valence-corrected chi connectivity index (χ4v) is 2.92. The van der Waals surface area contributed by atoms with Gasteiger partial charge in [0.1, 0.15) is 0 Å². The van der Waals surface area contributed by atoms with Crippen molar-refractivity contribution in [2.45, 2.75) is 62.1 Å². The van der Waals surface area contributed by atoms with Crippen molar-refractivity contribution in [2.24, 2.45) is 5.16 Å². The quantitative estimate of drug-likeness (QED) is 0.140. The second-order valence-corrected chi connectivity index (χ2v) is 7.96. The van der Waals surface area contributed by atoms with E-state index in [1.165, 1.54) is 0 Å². The fraction of sp³-hybridized carbons (Fsp3) is 0.556. The van der Waals surface area contributed by atoms with Crippen LogP contribution in [0.1, 0.15) is 63.4 Å². The molecular formula is C18H24Cl3NO3. The van der Waals surface area contributed by atoms with Crippen molar-refractivity contribution in [3.8, 4) is 0 Å². The van der Waals surface area contributed by atoms with E-state index in [2.05, 4.69) is 5.16 Å². The number of carboxylic acids is 1. The molecule has 0 amide bonds. The zero-order chi connectivity index (χ0) is 18.7. The summed E-state index contributed by atoms with van der Waals surface area (Å²) in [7, 11) is 0. The number of carboxylic acid groups (broad SMARTS) is 1. The summed E-state index contributed by atoms with van der Waals surface area (Å²) in [4.78, 5) is 10.8. The molecule has 1 rings (SSSR count). The third kappa shape index (κ3) is 8.80. The number of halogens is 3. The molecule has 0 spiro atoms. The molecule has 0 aliphatic rings. The van der Waals surface area contributed by atoms with Crippen LogP contribution in [-0.2, 0) is 4.79 Å². The molecule has 0 heterocycles. The lowest BCUT2D eigenvalue weighted by Crippen LogP contribution is -2.25. The van der Waals surface area contributed by atoms with Crippen LogP contribution in [0.15, 0.2) is 29.4 Å². The maximum Gasteiger partial charge on any atom is 0.340 e. The summed E-state index contributed by atoms with van der Waals surface area (Å²) in [6.45, 7) is 0. The number of rotatable bonds is 12. The Morgan fingerprint density at radius 1 is 0.960 bits per heavy atom. The van der Waals surface area contributed by atoms with Crippen molar-refractivity contribution in [1.29, 1.82) is 0 Å². The second-order valence-electron chi connectivity index (χ2n) is 6.04. The molecule has 0 saturated heterocycles. The number of oxime groups is 1. The standard InChI is InChI=1S/C18H24Cl3NO3/c19-15-11-9-14(10-12-15)16(22-25)8-6-4-2-1-3-5-7-13-18(20,21)17(23)24/h9-12,25H,1-8,13H2,(H,23,24)/b22-16+. The number of hydrogen-bond donors (Lipinski definition) is 2. The van der Waals surface area contributed by atoms with Gasteiger partial charge in [0.05, 0.1) is 5.71 Å². The Balaban J connectivity index is 2.10. The van der Waals surface area contributed by atoms with Crippen LogP contribution in [0.2, 0.25) is 5.02 Å². The lowest BCUT2D eigenvalue weighted by Gasteiger charge is -2.13. The van der Waals surface area contributed by atoms with Gasteiger partial charge in [0, 0.05) is 5.02 Å². The Morgan fingerprint density at radius 2 is 1.48 bits per heavy atom. The van der Waals surface area contributed by atoms with E-state index >= 15 is 0 Å². The highest BCUT2D eigenvalue weighted by molar-refractivity contribution is 6.57. The number of benzene rings is 1. The average molecular weight is 409 g/mol. The molecule has 1 aromatic carbocycles. The van der Waals surface area contributed by atoms with Crippen molar-refractivity contribution in [2.75, 3.05) is 0 Å². The SMILES string of the molecule is O=C(O)C(Cl)(Cl)CCCCCCCCC/C(=N\O)c1ccc(Cl)cc1. The monoisotopic (exact) mass is 407 g/mol. The Labute approximate surface area is 163 Å². The molecule has 4 nitrogen and oxygen atoms in total. The van der Waals surface area contributed by atoms with Crippen molar-refractivity contribution < 1.29 is 15.1 Å². The lowest BCUT2D eigenvalue weighted by atomic mass is 10.0. The predicted molar refractivity (Wildman–Crippen MR) is 103 cm³/mol. The largest absolute Gasteiger partial charge is 0.479 e. The van der Waals surface area contributed by atoms with Gasteiger partial charge in [0.25, 0.3) is 0 Å². The summed E-state index contributed by atoms with van der Waals surface area (Å²) in [6, 6.07) is 7.26. The van der Waals surface area contributed by atoms with Crippen LogP contribution >= 0.6 is 34.8 Å². The summed E-state index contributed by atoms with van der Waals surface area (Å²) in [5, 5.41) is 22.0. The third-order valence-electron chi connectivity index (χ3n) is 4.02. The highest BCUT2D eigenvalue weighted by Crippen LogP contribution is 2.28. The van der Waals surface area contributed by atoms with E-state index in [-0.39, 0.29) is 6.42 Å². The minimum Gasteiger partial charge on any atom is -0.479 e. The van der Waals surface area contributed by atoms with Crippen LogP contribution in [0.3, 0.4) is 0 Å². The van der Waals surface area contributed by atoms with E-state index in [4.69, 9.17) is 45.1 Å². The van der Waals surface area contributed by atoms with Gasteiger partial charge < -0.3 is 10.3 Å². The fourth-order valence-electron chi connectivity index (χ4n) is 2.52. The van der Waals surface area contributed by atoms with E-state index < -0.39 is 10.3 Å². The summed E-state index contributed by atoms with van der Waals surface area (Å²) in [6.07, 6.45) is 7.81. The van der Waals surface area contributed by atoms with Gasteiger partial charge >= 0.3 is 5.97 Å². The average Bonchev–Trinajstić information content (AvgIpc) is 2.57. The van der Waals surface area contributed by atoms with Gasteiger partial charge in [-0.2, -0.15) is 0 Å². The van der Waals surface area contributed by atoms with E-state index in [1.807, 2.05) is 12.1 Å². The van der Waals surface area contributed by atoms with Gasteiger partial charge in [-0.3, -0.25) is 0 Å². The number of hydrogen-bond acceptors (Lipinski definition) is 3. The first-order valence-corrected chi connectivity index (χ1v) is 9.58. The molecule has 7 heteroatoms. The van der Waals surface area contributed by atoms with Gasteiger partial charge in [-0.1, -0.05) is 84.2 Å². The van der Waals surface area contributed by atoms with Gasteiger partial charge in [0.2, 0.25) is 4.33 Å². The molecule has 1 aromatic rings. The Bertz CT molecular complexity index is 559. The molecule has 0 radical (unpaired) electrons. The van der Waals surface area contributed by atoms with Crippen LogP contribution in [0.4, 0.5) is 0 Å². The molecule has 25 heavy (non-hydrogen) atoms. The number of nitrogens with zero attached hydrogens (tertiary/aromatic N) is 1. The molecule has 0 aromatic heterocycles. The van der Waals surface area contributed by atoms with E-state index in [0.29, 0.717) is 17.2 Å². The van der Waals surface area contributed by atoms with Crippen LogP contribution in [0, 0.1) is 0 Å². The second kappa shape index (κ2) is 11.6. The van der Waals surface area contributed by atoms with Gasteiger partial charge in [-0.05, 0) is 43.4 Å². The van der Waals surface area contributed by atoms with Crippen molar-refractivity contribution in [3.05, 3.63) is 34.9 Å². The Kier molecular flexibility index (Phi) is 10.2. The summed E-state index contributed by atoms with van der Waals surface area (Å²) in [5.74, 6) is -1.18. The smallest absolute Gasteiger partial charge is 0.340 e. The maximum absolute atomic E-state index is 10.8. The van der Waals surface area contributed by atoms with Gasteiger partial charge in [-0.15, -0.1) is 0 Å². The molecule has 0 fully saturated rings. The van der Waals surface area contributed by atoms with Crippen molar-refractivity contribution in [1.82, 2.24) is 0 Å². The van der Waals surface area contributed by atoms with Gasteiger partial charge in [0.15, 0.2) is 0 Å². The lowest BCUT2D eigenvalue weighted by molar-refractivity contribution is -0.138. The highest BCUT2D eigenvalue weighted by atomic mass is 35.5. The first kappa shape index (κ1) is 22.1. The van der Waals surface area contributed by atoms with E-state index in [1.54, 1.807) is 12.1 Å². The van der Waals surface area contributed by atoms with Crippen LogP contribution in [0.5, 0.6) is 0 Å². The molecule has 0 bridgehead atoms. The third-order valence-corrected chi connectivity index (χ3v) is 4.97. The summed E-state index contributed by atoms with van der Waals surface area (Å²) < 4.78 is -1.66. The van der Waals surface area contributed by atoms with Crippen LogP contribution in [0.25, 0.3) is 0 Å². The van der Waals surface area contributed by atoms with E-state index in [0.717, 1.165) is 50.5 Å². The molecular weight excluding hydrogens is 385 g/mol. The Morgan fingerprint density at radius 3 is 2.00 bits per heavy atom. The minimum atomic E-state index is -1.66. The molecule has 0 saturated carbocycles. The van der Waals surface area contributed by atoms with Gasteiger partial charge in [-0.25, -0.2) is 4.79 Å². The maximum atomic E-state index is 10.8. The highest BCUT2D eigenvalue weighted by Gasteiger charge is 2.32. The topological polar surface area (TPSA) is 69.9 Å². The predicted octanol–water partition coefficient (Wildman–Crippen LogP) is 6.29. The summed E-state index contributed by atoms with van der Waals surface area (Å²) >= 11 is 17.2. The van der Waals surface area contributed by atoms with Crippen LogP contribution < -0.4 is 0 Å². The number of aliphatic carboxylic acids is 1. The van der Waals surface area contributed by atoms with Crippen molar-refractivity contribution in [3.63, 3.8) is 0 Å². The van der Waals surface area contributed by atoms with E-state index in [9.17, 15) is 4.79 Å². The summed E-state index contributed by atoms with van der Waals surface area (Å²) in [5.41, 5.74) is 1.56. The number of alkyl halides is 2. The molecule has 0 unspecified atom stereocenters. The molecule has 0 aliphatic heterocycles. The Hall–Kier alpha value is -0.970. The molecule has 0 atom stereocenters. The first-order chi connectivity index (χ1) is 11.9.